The number of rotatable bonds is 5. The fourth-order valence-corrected chi connectivity index (χ4v) is 3.80. The van der Waals surface area contributed by atoms with Crippen molar-refractivity contribution in [1.29, 1.82) is 0 Å². The van der Waals surface area contributed by atoms with E-state index in [9.17, 15) is 4.79 Å². The van der Waals surface area contributed by atoms with E-state index in [1.807, 2.05) is 19.1 Å². The molecule has 4 rings (SSSR count). The number of carbonyl (C=O) groups excluding carboxylic acids is 1. The van der Waals surface area contributed by atoms with Crippen molar-refractivity contribution in [2.75, 3.05) is 44.8 Å². The molecule has 0 aliphatic carbocycles. The highest BCUT2D eigenvalue weighted by Crippen LogP contribution is 2.34. The topological polar surface area (TPSA) is 66.9 Å². The van der Waals surface area contributed by atoms with E-state index in [0.29, 0.717) is 12.3 Å². The van der Waals surface area contributed by atoms with E-state index in [4.69, 9.17) is 9.47 Å². The minimum absolute atomic E-state index is 0.00700. The molecule has 3 heterocycles. The van der Waals surface area contributed by atoms with Gasteiger partial charge in [-0.15, -0.1) is 11.3 Å². The molecule has 138 valence electrons. The van der Waals surface area contributed by atoms with E-state index < -0.39 is 0 Å². The smallest absolute Gasteiger partial charge is 0.238 e. The lowest BCUT2D eigenvalue weighted by molar-refractivity contribution is -0.117. The number of amides is 1. The van der Waals surface area contributed by atoms with Gasteiger partial charge in [-0.05, 0) is 19.1 Å². The molecule has 0 radical (unpaired) electrons. The van der Waals surface area contributed by atoms with Gasteiger partial charge in [-0.25, -0.2) is 4.98 Å². The van der Waals surface area contributed by atoms with Crippen LogP contribution in [0.5, 0.6) is 11.5 Å². The van der Waals surface area contributed by atoms with Gasteiger partial charge in [0.15, 0.2) is 11.5 Å². The zero-order valence-electron chi connectivity index (χ0n) is 14.7. The van der Waals surface area contributed by atoms with Crippen LogP contribution in [-0.2, 0) is 11.3 Å². The molecule has 2 aromatic rings. The van der Waals surface area contributed by atoms with E-state index in [-0.39, 0.29) is 12.7 Å². The standard InChI is InChI=1S/C18H22N4O3S/c1-13-19-15(11-26-13)9-21-4-6-22(7-5-21)10-18(23)20-14-2-3-16-17(8-14)25-12-24-16/h2-3,8,11H,4-7,9-10,12H2,1H3,(H,20,23). The van der Waals surface area contributed by atoms with Crippen molar-refractivity contribution < 1.29 is 14.3 Å². The van der Waals surface area contributed by atoms with Crippen LogP contribution in [0.3, 0.4) is 0 Å². The fraction of sp³-hybridized carbons (Fsp3) is 0.444. The summed E-state index contributed by atoms with van der Waals surface area (Å²) in [6.07, 6.45) is 0. The number of fused-ring (bicyclic) bond motifs is 1. The average molecular weight is 374 g/mol. The Hall–Kier alpha value is -2.16. The molecule has 1 aromatic carbocycles. The van der Waals surface area contributed by atoms with Gasteiger partial charge >= 0.3 is 0 Å². The van der Waals surface area contributed by atoms with Crippen LogP contribution >= 0.6 is 11.3 Å². The highest BCUT2D eigenvalue weighted by molar-refractivity contribution is 7.09. The SMILES string of the molecule is Cc1nc(CN2CCN(CC(=O)Nc3ccc4c(c3)OCO4)CC2)cs1. The first-order valence-electron chi connectivity index (χ1n) is 8.71. The van der Waals surface area contributed by atoms with Crippen molar-refractivity contribution >= 4 is 22.9 Å². The summed E-state index contributed by atoms with van der Waals surface area (Å²) in [5, 5.41) is 6.17. The highest BCUT2D eigenvalue weighted by Gasteiger charge is 2.20. The summed E-state index contributed by atoms with van der Waals surface area (Å²) >= 11 is 1.69. The molecule has 0 bridgehead atoms. The van der Waals surface area contributed by atoms with Crippen molar-refractivity contribution in [1.82, 2.24) is 14.8 Å². The summed E-state index contributed by atoms with van der Waals surface area (Å²) in [6.45, 7) is 7.24. The van der Waals surface area contributed by atoms with Crippen LogP contribution in [0.2, 0.25) is 0 Å². The zero-order valence-corrected chi connectivity index (χ0v) is 15.6. The Morgan fingerprint density at radius 1 is 1.19 bits per heavy atom. The minimum Gasteiger partial charge on any atom is -0.454 e. The summed E-state index contributed by atoms with van der Waals surface area (Å²) in [5.74, 6) is 1.38. The van der Waals surface area contributed by atoms with E-state index in [0.717, 1.165) is 54.9 Å². The van der Waals surface area contributed by atoms with Gasteiger partial charge in [0.05, 0.1) is 17.2 Å². The van der Waals surface area contributed by atoms with Crippen LogP contribution in [0, 0.1) is 6.92 Å². The monoisotopic (exact) mass is 374 g/mol. The van der Waals surface area contributed by atoms with E-state index in [2.05, 4.69) is 25.5 Å². The highest BCUT2D eigenvalue weighted by atomic mass is 32.1. The van der Waals surface area contributed by atoms with Gasteiger partial charge in [0.1, 0.15) is 0 Å². The number of nitrogens with one attached hydrogen (secondary N) is 1. The molecule has 26 heavy (non-hydrogen) atoms. The molecule has 8 heteroatoms. The number of ether oxygens (including phenoxy) is 2. The van der Waals surface area contributed by atoms with Crippen LogP contribution < -0.4 is 14.8 Å². The molecule has 1 N–H and O–H groups in total. The van der Waals surface area contributed by atoms with Crippen molar-refractivity contribution in [3.8, 4) is 11.5 Å². The third kappa shape index (κ3) is 4.14. The van der Waals surface area contributed by atoms with E-state index in [1.54, 1.807) is 17.4 Å². The minimum atomic E-state index is -0.00700. The maximum atomic E-state index is 12.3. The molecule has 0 unspecified atom stereocenters. The van der Waals surface area contributed by atoms with Crippen molar-refractivity contribution in [3.63, 3.8) is 0 Å². The van der Waals surface area contributed by atoms with Crippen LogP contribution in [0.15, 0.2) is 23.6 Å². The van der Waals surface area contributed by atoms with Crippen molar-refractivity contribution in [2.45, 2.75) is 13.5 Å². The molecule has 1 fully saturated rings. The van der Waals surface area contributed by atoms with Crippen LogP contribution in [0.4, 0.5) is 5.69 Å². The fourth-order valence-electron chi connectivity index (χ4n) is 3.19. The number of aromatic nitrogens is 1. The maximum absolute atomic E-state index is 12.3. The maximum Gasteiger partial charge on any atom is 0.238 e. The number of hydrogen-bond donors (Lipinski definition) is 1. The summed E-state index contributed by atoms with van der Waals surface area (Å²) in [4.78, 5) is 21.4. The summed E-state index contributed by atoms with van der Waals surface area (Å²) in [7, 11) is 0. The van der Waals surface area contributed by atoms with E-state index >= 15 is 0 Å². The lowest BCUT2D eigenvalue weighted by Gasteiger charge is -2.33. The van der Waals surface area contributed by atoms with Gasteiger partial charge < -0.3 is 14.8 Å². The number of hydrogen-bond acceptors (Lipinski definition) is 7. The quantitative estimate of drug-likeness (QED) is 0.863. The van der Waals surface area contributed by atoms with Gasteiger partial charge in [0.2, 0.25) is 12.7 Å². The Labute approximate surface area is 156 Å². The molecular weight excluding hydrogens is 352 g/mol. The van der Waals surface area contributed by atoms with Crippen LogP contribution in [-0.4, -0.2) is 60.2 Å². The molecule has 1 aromatic heterocycles. The van der Waals surface area contributed by atoms with Gasteiger partial charge in [-0.2, -0.15) is 0 Å². The predicted octanol–water partition coefficient (Wildman–Crippen LogP) is 1.94. The Balaban J connectivity index is 1.23. The number of piperazine rings is 1. The second-order valence-electron chi connectivity index (χ2n) is 6.53. The number of nitrogens with zero attached hydrogens (tertiary/aromatic N) is 3. The third-order valence-electron chi connectivity index (χ3n) is 4.54. The molecular formula is C18H22N4O3S. The number of carbonyl (C=O) groups is 1. The predicted molar refractivity (Wildman–Crippen MR) is 99.8 cm³/mol. The molecule has 0 atom stereocenters. The molecule has 1 saturated heterocycles. The Morgan fingerprint density at radius 2 is 1.96 bits per heavy atom. The van der Waals surface area contributed by atoms with Gasteiger partial charge in [0, 0.05) is 49.9 Å². The molecule has 7 nitrogen and oxygen atoms in total. The average Bonchev–Trinajstić information content (AvgIpc) is 3.25. The number of thiazole rings is 1. The number of aryl methyl sites for hydroxylation is 1. The van der Waals surface area contributed by atoms with Crippen LogP contribution in [0.1, 0.15) is 10.7 Å². The first kappa shape index (κ1) is 17.3. The van der Waals surface area contributed by atoms with Crippen LogP contribution in [0.25, 0.3) is 0 Å². The Kier molecular flexibility index (Phi) is 5.05. The number of benzene rings is 1. The third-order valence-corrected chi connectivity index (χ3v) is 5.36. The normalized spacial score (nSPS) is 17.4. The summed E-state index contributed by atoms with van der Waals surface area (Å²) in [5.41, 5.74) is 1.87. The van der Waals surface area contributed by atoms with Crippen molar-refractivity contribution in [3.05, 3.63) is 34.3 Å². The zero-order chi connectivity index (χ0) is 17.9. The summed E-state index contributed by atoms with van der Waals surface area (Å²) in [6, 6.07) is 5.45. The molecule has 0 spiro atoms. The number of anilines is 1. The van der Waals surface area contributed by atoms with E-state index in [1.165, 1.54) is 0 Å². The van der Waals surface area contributed by atoms with Gasteiger partial charge in [-0.1, -0.05) is 0 Å². The second-order valence-corrected chi connectivity index (χ2v) is 7.59. The molecule has 0 saturated carbocycles. The first-order chi connectivity index (χ1) is 12.7. The lowest BCUT2D eigenvalue weighted by atomic mass is 10.2. The Bertz CT molecular complexity index is 786. The first-order valence-corrected chi connectivity index (χ1v) is 9.59. The van der Waals surface area contributed by atoms with Crippen molar-refractivity contribution in [2.24, 2.45) is 0 Å². The second kappa shape index (κ2) is 7.61. The van der Waals surface area contributed by atoms with Gasteiger partial charge in [-0.3, -0.25) is 14.6 Å². The van der Waals surface area contributed by atoms with Gasteiger partial charge in [0.25, 0.3) is 0 Å². The molecule has 2 aliphatic heterocycles. The molecule has 1 amide bonds. The molecule has 2 aliphatic rings. The largest absolute Gasteiger partial charge is 0.454 e. The summed E-state index contributed by atoms with van der Waals surface area (Å²) < 4.78 is 10.6. The Morgan fingerprint density at radius 3 is 2.73 bits per heavy atom. The lowest BCUT2D eigenvalue weighted by Crippen LogP contribution is -2.48.